The summed E-state index contributed by atoms with van der Waals surface area (Å²) in [6, 6.07) is -0.252. The van der Waals surface area contributed by atoms with Crippen molar-refractivity contribution < 1.29 is 14.7 Å². The molecule has 1 saturated heterocycles. The number of hydrogen-bond donors (Lipinski definition) is 1. The van der Waals surface area contributed by atoms with Gasteiger partial charge in [0.05, 0.1) is 12.1 Å². The Morgan fingerprint density at radius 1 is 1.20 bits per heavy atom. The quantitative estimate of drug-likeness (QED) is 0.649. The first-order valence-corrected chi connectivity index (χ1v) is 5.62. The predicted octanol–water partition coefficient (Wildman–Crippen LogP) is 0.685. The van der Waals surface area contributed by atoms with E-state index in [4.69, 9.17) is 0 Å². The van der Waals surface area contributed by atoms with E-state index in [0.29, 0.717) is 19.3 Å². The molecule has 0 spiro atoms. The molecule has 0 unspecified atom stereocenters. The van der Waals surface area contributed by atoms with Crippen molar-refractivity contribution in [2.75, 3.05) is 0 Å². The van der Waals surface area contributed by atoms with E-state index in [1.165, 1.54) is 4.90 Å². The molecule has 2 fully saturated rings. The van der Waals surface area contributed by atoms with Gasteiger partial charge in [-0.15, -0.1) is 0 Å². The first-order chi connectivity index (χ1) is 7.09. The second-order valence-electron chi connectivity index (χ2n) is 4.74. The smallest absolute Gasteiger partial charge is 0.229 e. The first kappa shape index (κ1) is 10.6. The van der Waals surface area contributed by atoms with Crippen molar-refractivity contribution in [2.24, 2.45) is 5.92 Å². The zero-order valence-electron chi connectivity index (χ0n) is 8.98. The molecule has 1 aliphatic carbocycles. The fourth-order valence-corrected chi connectivity index (χ4v) is 2.60. The Labute approximate surface area is 89.3 Å². The summed E-state index contributed by atoms with van der Waals surface area (Å²) in [5.41, 5.74) is 0. The van der Waals surface area contributed by atoms with E-state index in [-0.39, 0.29) is 23.8 Å². The fourth-order valence-electron chi connectivity index (χ4n) is 2.60. The SMILES string of the molecule is CC1CC(=O)N([C@H]2CCC[C@@H]2O)C(=O)C1. The van der Waals surface area contributed by atoms with Gasteiger partial charge in [-0.1, -0.05) is 6.92 Å². The maximum atomic E-state index is 11.7. The van der Waals surface area contributed by atoms with Gasteiger partial charge in [0, 0.05) is 12.8 Å². The molecule has 2 rings (SSSR count). The minimum Gasteiger partial charge on any atom is -0.391 e. The highest BCUT2D eigenvalue weighted by atomic mass is 16.3. The molecule has 4 nitrogen and oxygen atoms in total. The second kappa shape index (κ2) is 3.93. The first-order valence-electron chi connectivity index (χ1n) is 5.62. The van der Waals surface area contributed by atoms with Gasteiger partial charge in [-0.05, 0) is 25.2 Å². The summed E-state index contributed by atoms with van der Waals surface area (Å²) in [7, 11) is 0. The van der Waals surface area contributed by atoms with Crippen LogP contribution in [0.1, 0.15) is 39.0 Å². The highest BCUT2D eigenvalue weighted by molar-refractivity contribution is 5.98. The summed E-state index contributed by atoms with van der Waals surface area (Å²) in [6.07, 6.45) is 2.73. The summed E-state index contributed by atoms with van der Waals surface area (Å²) < 4.78 is 0. The number of piperidine rings is 1. The molecule has 4 heteroatoms. The Balaban J connectivity index is 2.13. The average molecular weight is 211 g/mol. The van der Waals surface area contributed by atoms with E-state index in [1.54, 1.807) is 0 Å². The number of likely N-dealkylation sites (tertiary alicyclic amines) is 1. The molecule has 1 aliphatic heterocycles. The van der Waals surface area contributed by atoms with E-state index in [0.717, 1.165) is 12.8 Å². The molecule has 2 amide bonds. The summed E-state index contributed by atoms with van der Waals surface area (Å²) >= 11 is 0. The average Bonchev–Trinajstić information content (AvgIpc) is 2.50. The molecule has 0 aromatic carbocycles. The third-order valence-electron chi connectivity index (χ3n) is 3.36. The standard InChI is InChI=1S/C11H17NO3/c1-7-5-10(14)12(11(15)6-7)8-3-2-4-9(8)13/h7-9,13H,2-6H2,1H3/t8-,9-/m0/s1. The number of rotatable bonds is 1. The maximum Gasteiger partial charge on any atom is 0.229 e. The van der Waals surface area contributed by atoms with Gasteiger partial charge in [-0.3, -0.25) is 14.5 Å². The van der Waals surface area contributed by atoms with Gasteiger partial charge < -0.3 is 5.11 Å². The van der Waals surface area contributed by atoms with Crippen molar-refractivity contribution in [3.05, 3.63) is 0 Å². The summed E-state index contributed by atoms with van der Waals surface area (Å²) in [6.45, 7) is 1.91. The van der Waals surface area contributed by atoms with Crippen LogP contribution < -0.4 is 0 Å². The lowest BCUT2D eigenvalue weighted by molar-refractivity contribution is -0.154. The van der Waals surface area contributed by atoms with E-state index in [9.17, 15) is 14.7 Å². The van der Waals surface area contributed by atoms with E-state index < -0.39 is 6.10 Å². The second-order valence-corrected chi connectivity index (χ2v) is 4.74. The minimum absolute atomic E-state index is 0.107. The van der Waals surface area contributed by atoms with Crippen LogP contribution in [0.2, 0.25) is 0 Å². The van der Waals surface area contributed by atoms with Crippen LogP contribution >= 0.6 is 0 Å². The summed E-state index contributed by atoms with van der Waals surface area (Å²) in [5.74, 6) is -0.0609. The molecule has 2 atom stereocenters. The zero-order valence-corrected chi connectivity index (χ0v) is 8.98. The Kier molecular flexibility index (Phi) is 2.78. The van der Waals surface area contributed by atoms with Crippen LogP contribution in [0.5, 0.6) is 0 Å². The number of imide groups is 1. The van der Waals surface area contributed by atoms with Gasteiger partial charge in [0.15, 0.2) is 0 Å². The molecule has 0 aromatic heterocycles. The molecular weight excluding hydrogens is 194 g/mol. The Morgan fingerprint density at radius 2 is 1.80 bits per heavy atom. The number of carbonyl (C=O) groups is 2. The van der Waals surface area contributed by atoms with Crippen LogP contribution in [-0.4, -0.2) is 34.0 Å². The zero-order chi connectivity index (χ0) is 11.0. The van der Waals surface area contributed by atoms with Gasteiger partial charge in [-0.2, -0.15) is 0 Å². The lowest BCUT2D eigenvalue weighted by Crippen LogP contribution is -2.51. The number of amides is 2. The molecule has 0 aromatic rings. The van der Waals surface area contributed by atoms with E-state index in [2.05, 4.69) is 0 Å². The van der Waals surface area contributed by atoms with E-state index in [1.807, 2.05) is 6.92 Å². The van der Waals surface area contributed by atoms with Gasteiger partial charge in [-0.25, -0.2) is 0 Å². The van der Waals surface area contributed by atoms with Crippen molar-refractivity contribution in [1.82, 2.24) is 4.90 Å². The largest absolute Gasteiger partial charge is 0.391 e. The fraction of sp³-hybridized carbons (Fsp3) is 0.818. The Hall–Kier alpha value is -0.900. The Morgan fingerprint density at radius 3 is 2.27 bits per heavy atom. The molecular formula is C11H17NO3. The Bertz CT molecular complexity index is 272. The molecule has 2 aliphatic rings. The van der Waals surface area contributed by atoms with Gasteiger partial charge in [0.1, 0.15) is 0 Å². The lowest BCUT2D eigenvalue weighted by Gasteiger charge is -2.34. The van der Waals surface area contributed by atoms with Crippen molar-refractivity contribution in [3.8, 4) is 0 Å². The highest BCUT2D eigenvalue weighted by Gasteiger charge is 2.40. The van der Waals surface area contributed by atoms with Crippen molar-refractivity contribution >= 4 is 11.8 Å². The monoisotopic (exact) mass is 211 g/mol. The number of hydrogen-bond acceptors (Lipinski definition) is 3. The third-order valence-corrected chi connectivity index (χ3v) is 3.36. The number of nitrogens with zero attached hydrogens (tertiary/aromatic N) is 1. The molecule has 1 saturated carbocycles. The van der Waals surface area contributed by atoms with Crippen LogP contribution in [0.3, 0.4) is 0 Å². The number of aliphatic hydroxyl groups excluding tert-OH is 1. The van der Waals surface area contributed by atoms with Crippen molar-refractivity contribution in [3.63, 3.8) is 0 Å². The predicted molar refractivity (Wildman–Crippen MR) is 53.9 cm³/mol. The maximum absolute atomic E-state index is 11.7. The normalized spacial score (nSPS) is 33.9. The molecule has 0 bridgehead atoms. The van der Waals surface area contributed by atoms with Gasteiger partial charge in [0.2, 0.25) is 11.8 Å². The number of aliphatic hydroxyl groups is 1. The molecule has 1 heterocycles. The van der Waals surface area contributed by atoms with Crippen molar-refractivity contribution in [1.29, 1.82) is 0 Å². The molecule has 84 valence electrons. The van der Waals surface area contributed by atoms with Gasteiger partial charge >= 0.3 is 0 Å². The van der Waals surface area contributed by atoms with Crippen molar-refractivity contribution in [2.45, 2.75) is 51.2 Å². The van der Waals surface area contributed by atoms with Crippen LogP contribution in [0.15, 0.2) is 0 Å². The molecule has 1 N–H and O–H groups in total. The minimum atomic E-state index is -0.508. The van der Waals surface area contributed by atoms with Crippen LogP contribution in [0.4, 0.5) is 0 Å². The number of carbonyl (C=O) groups excluding carboxylic acids is 2. The van der Waals surface area contributed by atoms with Gasteiger partial charge in [0.25, 0.3) is 0 Å². The highest BCUT2D eigenvalue weighted by Crippen LogP contribution is 2.29. The van der Waals surface area contributed by atoms with Crippen LogP contribution in [-0.2, 0) is 9.59 Å². The van der Waals surface area contributed by atoms with Crippen LogP contribution in [0.25, 0.3) is 0 Å². The van der Waals surface area contributed by atoms with Crippen LogP contribution in [0, 0.1) is 5.92 Å². The molecule has 0 radical (unpaired) electrons. The topological polar surface area (TPSA) is 57.6 Å². The summed E-state index contributed by atoms with van der Waals surface area (Å²) in [5, 5.41) is 9.70. The summed E-state index contributed by atoms with van der Waals surface area (Å²) in [4.78, 5) is 24.8. The molecule has 15 heavy (non-hydrogen) atoms. The van der Waals surface area contributed by atoms with E-state index >= 15 is 0 Å². The lowest BCUT2D eigenvalue weighted by atomic mass is 9.96. The third kappa shape index (κ3) is 1.91.